The second-order valence-electron chi connectivity index (χ2n) is 3.51. The maximum Gasteiger partial charge on any atom is 0.294 e. The van der Waals surface area contributed by atoms with E-state index in [0.29, 0.717) is 0 Å². The van der Waals surface area contributed by atoms with Crippen LogP contribution in [0.5, 0.6) is 11.5 Å². The van der Waals surface area contributed by atoms with Gasteiger partial charge in [0.25, 0.3) is 10.1 Å². The summed E-state index contributed by atoms with van der Waals surface area (Å²) in [6.07, 6.45) is 0. The van der Waals surface area contributed by atoms with E-state index in [9.17, 15) is 18.6 Å². The van der Waals surface area contributed by atoms with E-state index in [1.807, 2.05) is 0 Å². The Morgan fingerprint density at radius 2 is 1.65 bits per heavy atom. The van der Waals surface area contributed by atoms with Crippen LogP contribution in [-0.4, -0.2) is 23.2 Å². The SMILES string of the molecule is Nc1c(O)cc(O)c2ccc(S(=O)(=O)O)cc12. The number of nitrogen functional groups attached to an aromatic ring is 1. The van der Waals surface area contributed by atoms with Gasteiger partial charge in [-0.15, -0.1) is 0 Å². The van der Waals surface area contributed by atoms with Gasteiger partial charge in [-0.25, -0.2) is 0 Å². The number of anilines is 1. The van der Waals surface area contributed by atoms with Gasteiger partial charge in [-0.3, -0.25) is 4.55 Å². The number of hydrogen-bond acceptors (Lipinski definition) is 5. The van der Waals surface area contributed by atoms with Crippen molar-refractivity contribution in [3.05, 3.63) is 24.3 Å². The highest BCUT2D eigenvalue weighted by Gasteiger charge is 2.14. The molecule has 0 atom stereocenters. The molecule has 90 valence electrons. The van der Waals surface area contributed by atoms with Crippen LogP contribution in [0, 0.1) is 0 Å². The zero-order valence-corrected chi connectivity index (χ0v) is 9.27. The minimum Gasteiger partial charge on any atom is -0.507 e. The molecule has 17 heavy (non-hydrogen) atoms. The molecule has 0 aliphatic rings. The van der Waals surface area contributed by atoms with E-state index in [0.717, 1.165) is 18.2 Å². The van der Waals surface area contributed by atoms with Crippen LogP contribution in [0.4, 0.5) is 5.69 Å². The van der Waals surface area contributed by atoms with Crippen LogP contribution < -0.4 is 5.73 Å². The van der Waals surface area contributed by atoms with Gasteiger partial charge < -0.3 is 15.9 Å². The van der Waals surface area contributed by atoms with Gasteiger partial charge in [-0.05, 0) is 18.2 Å². The fourth-order valence-corrected chi connectivity index (χ4v) is 2.06. The smallest absolute Gasteiger partial charge is 0.294 e. The molecule has 0 saturated carbocycles. The Balaban J connectivity index is 2.91. The highest BCUT2D eigenvalue weighted by Crippen LogP contribution is 2.37. The summed E-state index contributed by atoms with van der Waals surface area (Å²) in [5, 5.41) is 19.4. The molecular weight excluding hydrogens is 246 g/mol. The lowest BCUT2D eigenvalue weighted by Crippen LogP contribution is -1.98. The second kappa shape index (κ2) is 3.51. The van der Waals surface area contributed by atoms with Crippen LogP contribution in [0.1, 0.15) is 0 Å². The summed E-state index contributed by atoms with van der Waals surface area (Å²) in [6.45, 7) is 0. The zero-order chi connectivity index (χ0) is 12.8. The number of hydrogen-bond donors (Lipinski definition) is 4. The Labute approximate surface area is 96.7 Å². The molecule has 0 saturated heterocycles. The fourth-order valence-electron chi connectivity index (χ4n) is 1.55. The lowest BCUT2D eigenvalue weighted by Gasteiger charge is -2.08. The van der Waals surface area contributed by atoms with Crippen LogP contribution in [0.15, 0.2) is 29.2 Å². The van der Waals surface area contributed by atoms with E-state index in [1.54, 1.807) is 0 Å². The lowest BCUT2D eigenvalue weighted by molar-refractivity contribution is 0.456. The van der Waals surface area contributed by atoms with Crippen LogP contribution in [0.2, 0.25) is 0 Å². The van der Waals surface area contributed by atoms with Crippen molar-refractivity contribution in [1.29, 1.82) is 0 Å². The molecule has 0 spiro atoms. The van der Waals surface area contributed by atoms with E-state index in [-0.39, 0.29) is 32.9 Å². The summed E-state index contributed by atoms with van der Waals surface area (Å²) in [6, 6.07) is 4.57. The summed E-state index contributed by atoms with van der Waals surface area (Å²) in [7, 11) is -4.36. The van der Waals surface area contributed by atoms with Crippen LogP contribution in [0.25, 0.3) is 10.8 Å². The predicted octanol–water partition coefficient (Wildman–Crippen LogP) is 1.08. The van der Waals surface area contributed by atoms with E-state index < -0.39 is 10.1 Å². The molecule has 5 N–H and O–H groups in total. The van der Waals surface area contributed by atoms with Crippen LogP contribution in [0.3, 0.4) is 0 Å². The van der Waals surface area contributed by atoms with Crippen molar-refractivity contribution in [2.45, 2.75) is 4.90 Å². The summed E-state index contributed by atoms with van der Waals surface area (Å²) in [5.41, 5.74) is 5.50. The van der Waals surface area contributed by atoms with E-state index in [2.05, 4.69) is 0 Å². The Morgan fingerprint density at radius 1 is 1.00 bits per heavy atom. The highest BCUT2D eigenvalue weighted by atomic mass is 32.2. The molecule has 0 heterocycles. The summed E-state index contributed by atoms with van der Waals surface area (Å²) >= 11 is 0. The maximum absolute atomic E-state index is 10.9. The number of benzene rings is 2. The molecule has 0 unspecified atom stereocenters. The second-order valence-corrected chi connectivity index (χ2v) is 4.93. The molecule has 2 rings (SSSR count). The van der Waals surface area contributed by atoms with Crippen LogP contribution in [-0.2, 0) is 10.1 Å². The third-order valence-corrected chi connectivity index (χ3v) is 3.25. The standard InChI is InChI=1S/C10H9NO5S/c11-10-7-3-5(17(14,15)16)1-2-6(7)8(12)4-9(10)13/h1-4,12-13H,11H2,(H,14,15,16). The minimum atomic E-state index is -4.36. The maximum atomic E-state index is 10.9. The topological polar surface area (TPSA) is 121 Å². The Bertz CT molecular complexity index is 708. The molecule has 7 heteroatoms. The average Bonchev–Trinajstić information content (AvgIpc) is 2.24. The van der Waals surface area contributed by atoms with Crippen molar-refractivity contribution >= 4 is 26.6 Å². The van der Waals surface area contributed by atoms with Gasteiger partial charge in [0.05, 0.1) is 10.6 Å². The van der Waals surface area contributed by atoms with Gasteiger partial charge >= 0.3 is 0 Å². The molecule has 2 aromatic rings. The summed E-state index contributed by atoms with van der Waals surface area (Å²) in [5.74, 6) is -0.587. The molecule has 0 aliphatic heterocycles. The quantitative estimate of drug-likeness (QED) is 0.262. The van der Waals surface area contributed by atoms with Crippen molar-refractivity contribution in [1.82, 2.24) is 0 Å². The van der Waals surface area contributed by atoms with Gasteiger partial charge in [0.15, 0.2) is 0 Å². The van der Waals surface area contributed by atoms with E-state index >= 15 is 0 Å². The number of aromatic hydroxyl groups is 2. The van der Waals surface area contributed by atoms with Gasteiger partial charge in [-0.2, -0.15) is 8.42 Å². The summed E-state index contributed by atoms with van der Waals surface area (Å²) < 4.78 is 30.8. The molecule has 0 fully saturated rings. The van der Waals surface area contributed by atoms with Gasteiger partial charge in [0.2, 0.25) is 0 Å². The third kappa shape index (κ3) is 1.85. The van der Waals surface area contributed by atoms with Crippen molar-refractivity contribution in [3.63, 3.8) is 0 Å². The van der Waals surface area contributed by atoms with E-state index in [4.69, 9.17) is 10.3 Å². The van der Waals surface area contributed by atoms with Crippen LogP contribution >= 0.6 is 0 Å². The van der Waals surface area contributed by atoms with Gasteiger partial charge in [-0.1, -0.05) is 0 Å². The van der Waals surface area contributed by atoms with Gasteiger partial charge in [0, 0.05) is 16.8 Å². The first-order chi connectivity index (χ1) is 7.80. The number of phenols is 2. The molecule has 6 nitrogen and oxygen atoms in total. The molecule has 0 aromatic heterocycles. The average molecular weight is 255 g/mol. The van der Waals surface area contributed by atoms with Crippen molar-refractivity contribution < 1.29 is 23.2 Å². The first kappa shape index (κ1) is 11.5. The Hall–Kier alpha value is -1.99. The summed E-state index contributed by atoms with van der Waals surface area (Å²) in [4.78, 5) is -0.360. The number of nitrogens with two attached hydrogens (primary N) is 1. The van der Waals surface area contributed by atoms with Crippen molar-refractivity contribution in [3.8, 4) is 11.5 Å². The highest BCUT2D eigenvalue weighted by molar-refractivity contribution is 7.85. The fraction of sp³-hybridized carbons (Fsp3) is 0. The van der Waals surface area contributed by atoms with Crippen molar-refractivity contribution in [2.24, 2.45) is 0 Å². The number of rotatable bonds is 1. The first-order valence-corrected chi connectivity index (χ1v) is 5.96. The van der Waals surface area contributed by atoms with Crippen molar-refractivity contribution in [2.75, 3.05) is 5.73 Å². The molecule has 0 bridgehead atoms. The molecule has 0 radical (unpaired) electrons. The molecule has 0 amide bonds. The minimum absolute atomic E-state index is 0.0664. The Morgan fingerprint density at radius 3 is 2.24 bits per heavy atom. The van der Waals surface area contributed by atoms with Gasteiger partial charge in [0.1, 0.15) is 11.5 Å². The molecule has 0 aliphatic carbocycles. The first-order valence-electron chi connectivity index (χ1n) is 4.52. The van der Waals surface area contributed by atoms with E-state index in [1.165, 1.54) is 6.07 Å². The number of fused-ring (bicyclic) bond motifs is 1. The normalized spacial score (nSPS) is 11.8. The largest absolute Gasteiger partial charge is 0.507 e. The Kier molecular flexibility index (Phi) is 2.37. The molecular formula is C10H9NO5S. The monoisotopic (exact) mass is 255 g/mol. The zero-order valence-electron chi connectivity index (χ0n) is 8.45. The number of phenolic OH excluding ortho intramolecular Hbond substituents is 2. The molecule has 2 aromatic carbocycles. The lowest BCUT2D eigenvalue weighted by atomic mass is 10.1. The third-order valence-electron chi connectivity index (χ3n) is 2.40. The predicted molar refractivity (Wildman–Crippen MR) is 61.5 cm³/mol.